The SMILES string of the molecule is C[C@H](OC(=O)CNC(=O)c1cccs1)C(=O)N1c2ccccc2C[C@@H]1C. The molecule has 1 N–H and O–H groups in total. The second kappa shape index (κ2) is 7.70. The maximum Gasteiger partial charge on any atom is 0.326 e. The molecule has 1 aromatic heterocycles. The number of nitrogens with one attached hydrogen (secondary N) is 1. The smallest absolute Gasteiger partial charge is 0.326 e. The lowest BCUT2D eigenvalue weighted by molar-refractivity contribution is -0.152. The summed E-state index contributed by atoms with van der Waals surface area (Å²) in [6.45, 7) is 3.24. The van der Waals surface area contributed by atoms with Crippen LogP contribution < -0.4 is 10.2 Å². The number of carbonyl (C=O) groups excluding carboxylic acids is 3. The zero-order valence-corrected chi connectivity index (χ0v) is 15.4. The highest BCUT2D eigenvalue weighted by atomic mass is 32.1. The number of nitrogens with zero attached hydrogens (tertiary/aromatic N) is 1. The molecule has 0 bridgehead atoms. The molecule has 1 aromatic carbocycles. The van der Waals surface area contributed by atoms with Crippen molar-refractivity contribution in [3.8, 4) is 0 Å². The van der Waals surface area contributed by atoms with Gasteiger partial charge in [-0.3, -0.25) is 14.4 Å². The molecule has 1 aliphatic rings. The summed E-state index contributed by atoms with van der Waals surface area (Å²) in [6.07, 6.45) is -0.144. The van der Waals surface area contributed by atoms with Gasteiger partial charge in [0.1, 0.15) is 6.54 Å². The zero-order valence-electron chi connectivity index (χ0n) is 14.6. The Morgan fingerprint density at radius 2 is 2.04 bits per heavy atom. The lowest BCUT2D eigenvalue weighted by Gasteiger charge is -2.25. The molecular weight excluding hydrogens is 352 g/mol. The van der Waals surface area contributed by atoms with Crippen LogP contribution in [0.15, 0.2) is 41.8 Å². The molecule has 3 rings (SSSR count). The molecule has 0 saturated heterocycles. The average Bonchev–Trinajstić information content (AvgIpc) is 3.26. The van der Waals surface area contributed by atoms with Gasteiger partial charge in [0.05, 0.1) is 4.88 Å². The van der Waals surface area contributed by atoms with Crippen LogP contribution in [0.4, 0.5) is 5.69 Å². The maximum atomic E-state index is 12.7. The number of ether oxygens (including phenoxy) is 1. The van der Waals surface area contributed by atoms with Crippen molar-refractivity contribution < 1.29 is 19.1 Å². The molecule has 0 aliphatic carbocycles. The van der Waals surface area contributed by atoms with E-state index in [9.17, 15) is 14.4 Å². The van der Waals surface area contributed by atoms with Crippen LogP contribution in [0.2, 0.25) is 0 Å². The van der Waals surface area contributed by atoms with Gasteiger partial charge in [-0.1, -0.05) is 24.3 Å². The molecule has 6 nitrogen and oxygen atoms in total. The van der Waals surface area contributed by atoms with E-state index in [2.05, 4.69) is 5.32 Å². The van der Waals surface area contributed by atoms with Crippen molar-refractivity contribution in [2.45, 2.75) is 32.4 Å². The molecule has 1 aliphatic heterocycles. The van der Waals surface area contributed by atoms with Crippen molar-refractivity contribution in [1.29, 1.82) is 0 Å². The van der Waals surface area contributed by atoms with E-state index in [-0.39, 0.29) is 24.4 Å². The van der Waals surface area contributed by atoms with Gasteiger partial charge in [-0.05, 0) is 43.3 Å². The van der Waals surface area contributed by atoms with Gasteiger partial charge in [-0.25, -0.2) is 0 Å². The Kier molecular flexibility index (Phi) is 5.37. The van der Waals surface area contributed by atoms with E-state index in [1.165, 1.54) is 11.3 Å². The Morgan fingerprint density at radius 1 is 1.27 bits per heavy atom. The molecule has 2 aromatic rings. The van der Waals surface area contributed by atoms with Crippen LogP contribution in [0.5, 0.6) is 0 Å². The van der Waals surface area contributed by atoms with Gasteiger partial charge in [0.15, 0.2) is 6.10 Å². The summed E-state index contributed by atoms with van der Waals surface area (Å²) in [7, 11) is 0. The zero-order chi connectivity index (χ0) is 18.7. The number of hydrogen-bond donors (Lipinski definition) is 1. The first-order chi connectivity index (χ1) is 12.5. The highest BCUT2D eigenvalue weighted by molar-refractivity contribution is 7.12. The third kappa shape index (κ3) is 3.77. The second-order valence-electron chi connectivity index (χ2n) is 6.18. The summed E-state index contributed by atoms with van der Waals surface area (Å²) in [5, 5.41) is 4.28. The van der Waals surface area contributed by atoms with Gasteiger partial charge in [0, 0.05) is 11.7 Å². The van der Waals surface area contributed by atoms with Crippen LogP contribution in [-0.2, 0) is 20.7 Å². The lowest BCUT2D eigenvalue weighted by atomic mass is 10.1. The molecule has 136 valence electrons. The Labute approximate surface area is 155 Å². The molecule has 7 heteroatoms. The van der Waals surface area contributed by atoms with Gasteiger partial charge in [0.25, 0.3) is 11.8 Å². The molecule has 0 saturated carbocycles. The van der Waals surface area contributed by atoms with E-state index in [4.69, 9.17) is 4.74 Å². The maximum absolute atomic E-state index is 12.7. The minimum absolute atomic E-state index is 0.0135. The lowest BCUT2D eigenvalue weighted by Crippen LogP contribution is -2.44. The molecule has 0 fully saturated rings. The van der Waals surface area contributed by atoms with Gasteiger partial charge >= 0.3 is 5.97 Å². The second-order valence-corrected chi connectivity index (χ2v) is 7.13. The van der Waals surface area contributed by atoms with Crippen molar-refractivity contribution in [2.75, 3.05) is 11.4 Å². The number of rotatable bonds is 5. The Balaban J connectivity index is 1.56. The van der Waals surface area contributed by atoms with Crippen LogP contribution in [0.1, 0.15) is 29.1 Å². The number of esters is 1. The van der Waals surface area contributed by atoms with Crippen LogP contribution in [0.3, 0.4) is 0 Å². The summed E-state index contributed by atoms with van der Waals surface area (Å²) >= 11 is 1.29. The minimum Gasteiger partial charge on any atom is -0.451 e. The molecule has 0 radical (unpaired) electrons. The van der Waals surface area contributed by atoms with E-state index in [1.807, 2.05) is 31.2 Å². The quantitative estimate of drug-likeness (QED) is 0.818. The highest BCUT2D eigenvalue weighted by Gasteiger charge is 2.34. The monoisotopic (exact) mass is 372 g/mol. The van der Waals surface area contributed by atoms with Gasteiger partial charge in [-0.15, -0.1) is 11.3 Å². The summed E-state index contributed by atoms with van der Waals surface area (Å²) < 4.78 is 5.21. The fourth-order valence-corrected chi connectivity index (χ4v) is 3.67. The molecular formula is C19H20N2O4S. The summed E-state index contributed by atoms with van der Waals surface area (Å²) in [4.78, 5) is 38.7. The van der Waals surface area contributed by atoms with Crippen LogP contribution in [-0.4, -0.2) is 36.5 Å². The summed E-state index contributed by atoms with van der Waals surface area (Å²) in [5.41, 5.74) is 1.97. The predicted molar refractivity (Wildman–Crippen MR) is 99.3 cm³/mol. The van der Waals surface area contributed by atoms with Crippen LogP contribution >= 0.6 is 11.3 Å². The summed E-state index contributed by atoms with van der Waals surface area (Å²) in [5.74, 6) is -1.24. The van der Waals surface area contributed by atoms with Crippen LogP contribution in [0.25, 0.3) is 0 Å². The Bertz CT molecular complexity index is 819. The first-order valence-corrected chi connectivity index (χ1v) is 9.27. The van der Waals surface area contributed by atoms with E-state index < -0.39 is 12.1 Å². The van der Waals surface area contributed by atoms with Crippen molar-refractivity contribution in [3.05, 3.63) is 52.2 Å². The van der Waals surface area contributed by atoms with Gasteiger partial charge in [-0.2, -0.15) is 0 Å². The minimum atomic E-state index is -0.922. The van der Waals surface area contributed by atoms with Gasteiger partial charge in [0.2, 0.25) is 0 Å². The van der Waals surface area contributed by atoms with E-state index >= 15 is 0 Å². The van der Waals surface area contributed by atoms with Crippen LogP contribution in [0, 0.1) is 0 Å². The number of fused-ring (bicyclic) bond motifs is 1. The molecule has 2 amide bonds. The Morgan fingerprint density at radius 3 is 2.77 bits per heavy atom. The number of carbonyl (C=O) groups is 3. The predicted octanol–water partition coefficient (Wildman–Crippen LogP) is 2.39. The standard InChI is InChI=1S/C19H20N2O4S/c1-12-10-14-6-3-4-7-15(14)21(12)19(24)13(2)25-17(22)11-20-18(23)16-8-5-9-26-16/h3-9,12-13H,10-11H2,1-2H3,(H,20,23)/t12-,13-/m0/s1. The normalized spacial score (nSPS) is 16.7. The number of amides is 2. The third-order valence-electron chi connectivity index (χ3n) is 4.24. The van der Waals surface area contributed by atoms with E-state index in [1.54, 1.807) is 29.3 Å². The molecule has 2 atom stereocenters. The third-order valence-corrected chi connectivity index (χ3v) is 5.11. The average molecular weight is 372 g/mol. The van der Waals surface area contributed by atoms with Gasteiger partial charge < -0.3 is 15.0 Å². The molecule has 2 heterocycles. The highest BCUT2D eigenvalue weighted by Crippen LogP contribution is 2.32. The van der Waals surface area contributed by atoms with E-state index in [0.29, 0.717) is 4.88 Å². The van der Waals surface area contributed by atoms with Crippen molar-refractivity contribution >= 4 is 34.8 Å². The van der Waals surface area contributed by atoms with Crippen molar-refractivity contribution in [2.24, 2.45) is 0 Å². The molecule has 0 spiro atoms. The molecule has 0 unspecified atom stereocenters. The fraction of sp³-hybridized carbons (Fsp3) is 0.316. The number of para-hydroxylation sites is 1. The first kappa shape index (κ1) is 18.1. The number of benzene rings is 1. The largest absolute Gasteiger partial charge is 0.451 e. The first-order valence-electron chi connectivity index (χ1n) is 8.39. The van der Waals surface area contributed by atoms with E-state index in [0.717, 1.165) is 17.7 Å². The number of anilines is 1. The molecule has 26 heavy (non-hydrogen) atoms. The van der Waals surface area contributed by atoms with Crippen molar-refractivity contribution in [1.82, 2.24) is 5.32 Å². The Hall–Kier alpha value is -2.67. The fourth-order valence-electron chi connectivity index (χ4n) is 3.03. The topological polar surface area (TPSA) is 75.7 Å². The van der Waals surface area contributed by atoms with Crippen molar-refractivity contribution in [3.63, 3.8) is 0 Å². The number of hydrogen-bond acceptors (Lipinski definition) is 5. The number of thiophene rings is 1. The summed E-state index contributed by atoms with van der Waals surface area (Å²) in [6, 6.07) is 11.2.